The van der Waals surface area contributed by atoms with E-state index in [9.17, 15) is 4.79 Å². The molecule has 0 aliphatic carbocycles. The van der Waals surface area contributed by atoms with Gasteiger partial charge in [0.25, 0.3) is 0 Å². The first-order valence-electron chi connectivity index (χ1n) is 4.14. The molecule has 0 amide bonds. The number of ether oxygens (including phenoxy) is 1. The summed E-state index contributed by atoms with van der Waals surface area (Å²) in [5, 5.41) is 0. The van der Waals surface area contributed by atoms with Crippen molar-refractivity contribution >= 4 is 22.0 Å². The van der Waals surface area contributed by atoms with Crippen molar-refractivity contribution in [3.8, 4) is 5.75 Å². The van der Waals surface area contributed by atoms with Crippen molar-refractivity contribution in [2.24, 2.45) is 4.99 Å². The largest absolute Gasteiger partial charge is 0.497 e. The lowest BCUT2D eigenvalue weighted by Crippen LogP contribution is -1.91. The number of nitrogens with zero attached hydrogens (tertiary/aromatic N) is 1. The standard InChI is InChI=1S/C10H10BrNO2/c1-14-9-3-2-8(10(11)6-9)4-5-12-7-13/h2-3,6H,4-5H2,1H3. The smallest absolute Gasteiger partial charge is 0.234 e. The molecule has 0 atom stereocenters. The number of aliphatic imine (C=N–C) groups is 1. The Hall–Kier alpha value is -1.12. The van der Waals surface area contributed by atoms with Crippen LogP contribution in [0.4, 0.5) is 0 Å². The Morgan fingerprint density at radius 2 is 2.36 bits per heavy atom. The molecular weight excluding hydrogens is 246 g/mol. The first-order chi connectivity index (χ1) is 6.77. The Morgan fingerprint density at radius 3 is 2.93 bits per heavy atom. The van der Waals surface area contributed by atoms with Crippen molar-refractivity contribution in [3.63, 3.8) is 0 Å². The number of methoxy groups -OCH3 is 1. The Labute approximate surface area is 90.9 Å². The summed E-state index contributed by atoms with van der Waals surface area (Å²) in [6, 6.07) is 5.72. The van der Waals surface area contributed by atoms with Crippen LogP contribution in [0.3, 0.4) is 0 Å². The molecule has 0 N–H and O–H groups in total. The van der Waals surface area contributed by atoms with Crippen LogP contribution in [0, 0.1) is 0 Å². The van der Waals surface area contributed by atoms with Crippen molar-refractivity contribution in [3.05, 3.63) is 28.2 Å². The van der Waals surface area contributed by atoms with Gasteiger partial charge in [0.15, 0.2) is 0 Å². The molecule has 0 saturated heterocycles. The van der Waals surface area contributed by atoms with E-state index in [0.29, 0.717) is 6.54 Å². The summed E-state index contributed by atoms with van der Waals surface area (Å²) < 4.78 is 6.03. The molecule has 1 aromatic rings. The van der Waals surface area contributed by atoms with Gasteiger partial charge in [0.05, 0.1) is 13.7 Å². The maximum Gasteiger partial charge on any atom is 0.234 e. The molecule has 0 aromatic heterocycles. The average Bonchev–Trinajstić information content (AvgIpc) is 2.20. The normalized spacial score (nSPS) is 9.29. The number of hydrogen-bond acceptors (Lipinski definition) is 3. The first-order valence-corrected chi connectivity index (χ1v) is 4.93. The second-order valence-corrected chi connectivity index (χ2v) is 3.53. The summed E-state index contributed by atoms with van der Waals surface area (Å²) in [6.45, 7) is 0.467. The Morgan fingerprint density at radius 1 is 1.57 bits per heavy atom. The summed E-state index contributed by atoms with van der Waals surface area (Å²) in [4.78, 5) is 13.4. The lowest BCUT2D eigenvalue weighted by molar-refractivity contribution is 0.414. The van der Waals surface area contributed by atoms with Gasteiger partial charge in [-0.05, 0) is 24.1 Å². The van der Waals surface area contributed by atoms with E-state index >= 15 is 0 Å². The topological polar surface area (TPSA) is 38.7 Å². The zero-order valence-corrected chi connectivity index (χ0v) is 9.37. The number of isocyanates is 1. The van der Waals surface area contributed by atoms with Gasteiger partial charge in [0.1, 0.15) is 5.75 Å². The SMILES string of the molecule is COc1ccc(CCN=C=O)c(Br)c1. The van der Waals surface area contributed by atoms with E-state index < -0.39 is 0 Å². The van der Waals surface area contributed by atoms with Gasteiger partial charge >= 0.3 is 0 Å². The molecule has 0 unspecified atom stereocenters. The predicted molar refractivity (Wildman–Crippen MR) is 57.4 cm³/mol. The van der Waals surface area contributed by atoms with Gasteiger partial charge < -0.3 is 4.74 Å². The highest BCUT2D eigenvalue weighted by Gasteiger charge is 2.00. The number of hydrogen-bond donors (Lipinski definition) is 0. The Kier molecular flexibility index (Phi) is 4.36. The van der Waals surface area contributed by atoms with Gasteiger partial charge in [-0.3, -0.25) is 0 Å². The fourth-order valence-corrected chi connectivity index (χ4v) is 1.64. The van der Waals surface area contributed by atoms with E-state index in [1.165, 1.54) is 6.08 Å². The molecule has 0 saturated carbocycles. The molecule has 0 radical (unpaired) electrons. The van der Waals surface area contributed by atoms with Gasteiger partial charge in [-0.1, -0.05) is 22.0 Å². The van der Waals surface area contributed by atoms with Crippen LogP contribution >= 0.6 is 15.9 Å². The summed E-state index contributed by atoms with van der Waals surface area (Å²) in [7, 11) is 1.62. The highest BCUT2D eigenvalue weighted by atomic mass is 79.9. The van der Waals surface area contributed by atoms with Gasteiger partial charge in [-0.2, -0.15) is 0 Å². The third kappa shape index (κ3) is 2.98. The van der Waals surface area contributed by atoms with Gasteiger partial charge in [0, 0.05) is 4.47 Å². The molecule has 3 nitrogen and oxygen atoms in total. The molecule has 0 fully saturated rings. The van der Waals surface area contributed by atoms with Crippen molar-refractivity contribution in [1.82, 2.24) is 0 Å². The molecule has 0 aliphatic heterocycles. The van der Waals surface area contributed by atoms with E-state index in [-0.39, 0.29) is 0 Å². The summed E-state index contributed by atoms with van der Waals surface area (Å²) in [5.74, 6) is 0.805. The van der Waals surface area contributed by atoms with Crippen LogP contribution in [0.2, 0.25) is 0 Å². The fourth-order valence-electron chi connectivity index (χ4n) is 1.08. The van der Waals surface area contributed by atoms with Crippen LogP contribution < -0.4 is 4.74 Å². The maximum atomic E-state index is 9.86. The maximum absolute atomic E-state index is 9.86. The Bertz CT molecular complexity index is 359. The van der Waals surface area contributed by atoms with E-state index in [1.54, 1.807) is 7.11 Å². The minimum Gasteiger partial charge on any atom is -0.497 e. The molecule has 14 heavy (non-hydrogen) atoms. The number of halogens is 1. The van der Waals surface area contributed by atoms with Gasteiger partial charge in [0.2, 0.25) is 6.08 Å². The quantitative estimate of drug-likeness (QED) is 0.612. The number of rotatable bonds is 4. The molecular formula is C10H10BrNO2. The zero-order valence-electron chi connectivity index (χ0n) is 7.79. The Balaban J connectivity index is 2.73. The average molecular weight is 256 g/mol. The second kappa shape index (κ2) is 5.58. The van der Waals surface area contributed by atoms with Crippen molar-refractivity contribution in [2.45, 2.75) is 6.42 Å². The van der Waals surface area contributed by atoms with Crippen LogP contribution in [0.1, 0.15) is 5.56 Å². The highest BCUT2D eigenvalue weighted by Crippen LogP contribution is 2.23. The molecule has 4 heteroatoms. The minimum absolute atomic E-state index is 0.467. The van der Waals surface area contributed by atoms with Crippen molar-refractivity contribution in [1.29, 1.82) is 0 Å². The van der Waals surface area contributed by atoms with Gasteiger partial charge in [-0.15, -0.1) is 0 Å². The summed E-state index contributed by atoms with van der Waals surface area (Å²) in [6.07, 6.45) is 2.24. The van der Waals surface area contributed by atoms with Crippen LogP contribution in [0.25, 0.3) is 0 Å². The lowest BCUT2D eigenvalue weighted by atomic mass is 10.1. The fraction of sp³-hybridized carbons (Fsp3) is 0.300. The van der Waals surface area contributed by atoms with Crippen LogP contribution in [0.15, 0.2) is 27.7 Å². The second-order valence-electron chi connectivity index (χ2n) is 2.68. The summed E-state index contributed by atoms with van der Waals surface area (Å²) in [5.41, 5.74) is 1.10. The molecule has 74 valence electrons. The van der Waals surface area contributed by atoms with E-state index in [4.69, 9.17) is 4.74 Å². The van der Waals surface area contributed by atoms with Crippen LogP contribution in [-0.4, -0.2) is 19.7 Å². The van der Waals surface area contributed by atoms with Gasteiger partial charge in [-0.25, -0.2) is 9.79 Å². The van der Waals surface area contributed by atoms with Crippen molar-refractivity contribution < 1.29 is 9.53 Å². The lowest BCUT2D eigenvalue weighted by Gasteiger charge is -2.04. The monoisotopic (exact) mass is 255 g/mol. The van der Waals surface area contributed by atoms with Crippen LogP contribution in [0.5, 0.6) is 5.75 Å². The van der Waals surface area contributed by atoms with Crippen LogP contribution in [-0.2, 0) is 11.2 Å². The third-order valence-electron chi connectivity index (χ3n) is 1.82. The summed E-state index contributed by atoms with van der Waals surface area (Å²) >= 11 is 3.42. The molecule has 0 bridgehead atoms. The first kappa shape index (κ1) is 11.0. The van der Waals surface area contributed by atoms with E-state index in [0.717, 1.165) is 22.2 Å². The third-order valence-corrected chi connectivity index (χ3v) is 2.56. The number of benzene rings is 1. The van der Waals surface area contributed by atoms with Crippen molar-refractivity contribution in [2.75, 3.05) is 13.7 Å². The zero-order chi connectivity index (χ0) is 10.4. The number of carbonyl (C=O) groups excluding carboxylic acids is 1. The molecule has 1 aromatic carbocycles. The molecule has 1 rings (SSSR count). The highest BCUT2D eigenvalue weighted by molar-refractivity contribution is 9.10. The predicted octanol–water partition coefficient (Wildman–Crippen LogP) is 2.34. The molecule has 0 spiro atoms. The molecule has 0 aliphatic rings. The minimum atomic E-state index is 0.467. The van der Waals surface area contributed by atoms with E-state index in [2.05, 4.69) is 20.9 Å². The molecule has 0 heterocycles. The van der Waals surface area contributed by atoms with E-state index in [1.807, 2.05) is 18.2 Å².